The lowest BCUT2D eigenvalue weighted by Crippen LogP contribution is -1.95. The van der Waals surface area contributed by atoms with Crippen molar-refractivity contribution in [3.05, 3.63) is 9.76 Å². The van der Waals surface area contributed by atoms with Crippen molar-refractivity contribution in [3.8, 4) is 0 Å². The summed E-state index contributed by atoms with van der Waals surface area (Å²) in [4.78, 5) is 0. The van der Waals surface area contributed by atoms with Gasteiger partial charge in [0.2, 0.25) is 0 Å². The Morgan fingerprint density at radius 2 is 2.44 bits per heavy atom. The minimum absolute atomic E-state index is 0.414. The lowest BCUT2D eigenvalue weighted by molar-refractivity contribution is 0.615. The number of aromatic nitrogens is 3. The van der Waals surface area contributed by atoms with Crippen LogP contribution in [0.2, 0.25) is 5.15 Å². The fourth-order valence-corrected chi connectivity index (χ4v) is 1.01. The SMILES string of the molecule is CCn1nnc(Cl)c1Br. The minimum atomic E-state index is 0.414. The second-order valence-corrected chi connectivity index (χ2v) is 2.60. The van der Waals surface area contributed by atoms with E-state index in [4.69, 9.17) is 11.6 Å². The highest BCUT2D eigenvalue weighted by Gasteiger charge is 2.03. The van der Waals surface area contributed by atoms with Crippen LogP contribution in [0.25, 0.3) is 0 Å². The Morgan fingerprint density at radius 3 is 2.67 bits per heavy atom. The number of nitrogens with zero attached hydrogens (tertiary/aromatic N) is 3. The van der Waals surface area contributed by atoms with E-state index in [2.05, 4.69) is 26.2 Å². The molecule has 0 aromatic carbocycles. The average molecular weight is 210 g/mol. The van der Waals surface area contributed by atoms with Crippen LogP contribution in [0.15, 0.2) is 4.60 Å². The molecular weight excluding hydrogens is 205 g/mol. The number of halogens is 2. The molecule has 0 saturated heterocycles. The molecule has 50 valence electrons. The highest BCUT2D eigenvalue weighted by atomic mass is 79.9. The van der Waals surface area contributed by atoms with Crippen LogP contribution in [0.5, 0.6) is 0 Å². The maximum Gasteiger partial charge on any atom is 0.185 e. The first kappa shape index (κ1) is 7.02. The largest absolute Gasteiger partial charge is 0.237 e. The van der Waals surface area contributed by atoms with E-state index in [1.54, 1.807) is 4.68 Å². The Kier molecular flexibility index (Phi) is 2.08. The molecule has 0 spiro atoms. The zero-order valence-corrected chi connectivity index (χ0v) is 7.15. The normalized spacial score (nSPS) is 10.1. The molecule has 0 aliphatic rings. The van der Waals surface area contributed by atoms with Crippen molar-refractivity contribution in [2.75, 3.05) is 0 Å². The number of hydrogen-bond donors (Lipinski definition) is 0. The van der Waals surface area contributed by atoms with E-state index >= 15 is 0 Å². The molecule has 3 nitrogen and oxygen atoms in total. The third-order valence-corrected chi connectivity index (χ3v) is 2.20. The Morgan fingerprint density at radius 1 is 1.78 bits per heavy atom. The van der Waals surface area contributed by atoms with Gasteiger partial charge in [-0.15, -0.1) is 5.10 Å². The number of hydrogen-bond acceptors (Lipinski definition) is 2. The molecule has 9 heavy (non-hydrogen) atoms. The molecule has 0 N–H and O–H groups in total. The van der Waals surface area contributed by atoms with Crippen LogP contribution < -0.4 is 0 Å². The molecular formula is C4H5BrClN3. The van der Waals surface area contributed by atoms with Gasteiger partial charge in [-0.05, 0) is 22.9 Å². The van der Waals surface area contributed by atoms with E-state index in [9.17, 15) is 0 Å². The summed E-state index contributed by atoms with van der Waals surface area (Å²) in [6.07, 6.45) is 0. The Balaban J connectivity index is 3.04. The Bertz CT molecular complexity index is 210. The van der Waals surface area contributed by atoms with E-state index < -0.39 is 0 Å². The molecule has 0 fully saturated rings. The van der Waals surface area contributed by atoms with E-state index in [1.807, 2.05) is 6.92 Å². The minimum Gasteiger partial charge on any atom is -0.237 e. The van der Waals surface area contributed by atoms with Gasteiger partial charge in [-0.25, -0.2) is 4.68 Å². The van der Waals surface area contributed by atoms with E-state index in [0.29, 0.717) is 5.15 Å². The van der Waals surface area contributed by atoms with E-state index in [1.165, 1.54) is 0 Å². The molecule has 1 aromatic rings. The molecule has 5 heteroatoms. The van der Waals surface area contributed by atoms with Crippen LogP contribution in [0.1, 0.15) is 6.92 Å². The number of aryl methyl sites for hydroxylation is 1. The third kappa shape index (κ3) is 1.24. The summed E-state index contributed by atoms with van der Waals surface area (Å²) >= 11 is 8.78. The number of rotatable bonds is 1. The monoisotopic (exact) mass is 209 g/mol. The first-order chi connectivity index (χ1) is 4.25. The predicted molar refractivity (Wildman–Crippen MR) is 38.4 cm³/mol. The highest BCUT2D eigenvalue weighted by molar-refractivity contribution is 9.10. The smallest absolute Gasteiger partial charge is 0.185 e. The van der Waals surface area contributed by atoms with Gasteiger partial charge in [0.25, 0.3) is 0 Å². The second kappa shape index (κ2) is 2.66. The Labute approximate surface area is 66.1 Å². The molecule has 0 saturated carbocycles. The van der Waals surface area contributed by atoms with Crippen LogP contribution in [0.3, 0.4) is 0 Å². The van der Waals surface area contributed by atoms with Gasteiger partial charge in [-0.2, -0.15) is 0 Å². The van der Waals surface area contributed by atoms with Crippen molar-refractivity contribution in [1.29, 1.82) is 0 Å². The molecule has 0 amide bonds. The lowest BCUT2D eigenvalue weighted by atomic mass is 10.7. The van der Waals surface area contributed by atoms with Crippen LogP contribution in [0, 0.1) is 0 Å². The molecule has 0 atom stereocenters. The van der Waals surface area contributed by atoms with E-state index in [0.717, 1.165) is 11.1 Å². The fraction of sp³-hybridized carbons (Fsp3) is 0.500. The topological polar surface area (TPSA) is 30.7 Å². The molecule has 0 bridgehead atoms. The molecule has 0 radical (unpaired) electrons. The van der Waals surface area contributed by atoms with Crippen molar-refractivity contribution in [2.24, 2.45) is 0 Å². The summed E-state index contributed by atoms with van der Waals surface area (Å²) in [5, 5.41) is 7.75. The molecule has 0 aliphatic heterocycles. The molecule has 1 rings (SSSR count). The van der Waals surface area contributed by atoms with Gasteiger partial charge in [0.05, 0.1) is 0 Å². The van der Waals surface area contributed by atoms with Gasteiger partial charge >= 0.3 is 0 Å². The van der Waals surface area contributed by atoms with Gasteiger partial charge in [0.15, 0.2) is 5.15 Å². The van der Waals surface area contributed by atoms with Gasteiger partial charge in [0.1, 0.15) is 4.60 Å². The average Bonchev–Trinajstić information content (AvgIpc) is 2.15. The van der Waals surface area contributed by atoms with Gasteiger partial charge in [0, 0.05) is 6.54 Å². The zero-order chi connectivity index (χ0) is 6.85. The van der Waals surface area contributed by atoms with Gasteiger partial charge in [-0.1, -0.05) is 16.8 Å². The summed E-state index contributed by atoms with van der Waals surface area (Å²) in [5.41, 5.74) is 0. The van der Waals surface area contributed by atoms with Gasteiger partial charge < -0.3 is 0 Å². The molecule has 0 aliphatic carbocycles. The molecule has 1 heterocycles. The molecule has 1 aromatic heterocycles. The first-order valence-electron chi connectivity index (χ1n) is 2.50. The van der Waals surface area contributed by atoms with Crippen molar-refractivity contribution in [2.45, 2.75) is 13.5 Å². The maximum atomic E-state index is 5.57. The standard InChI is InChI=1S/C4H5BrClN3/c1-2-9-3(5)4(6)7-8-9/h2H2,1H3. The summed E-state index contributed by atoms with van der Waals surface area (Å²) in [7, 11) is 0. The van der Waals surface area contributed by atoms with Gasteiger partial charge in [-0.3, -0.25) is 0 Å². The van der Waals surface area contributed by atoms with Crippen LogP contribution in [0.4, 0.5) is 0 Å². The van der Waals surface area contributed by atoms with Crippen LogP contribution in [-0.2, 0) is 6.54 Å². The third-order valence-electron chi connectivity index (χ3n) is 0.937. The van der Waals surface area contributed by atoms with Crippen molar-refractivity contribution < 1.29 is 0 Å². The zero-order valence-electron chi connectivity index (χ0n) is 4.80. The van der Waals surface area contributed by atoms with E-state index in [-0.39, 0.29) is 0 Å². The molecule has 0 unspecified atom stereocenters. The van der Waals surface area contributed by atoms with Crippen LogP contribution >= 0.6 is 27.5 Å². The Hall–Kier alpha value is -0.0900. The van der Waals surface area contributed by atoms with Crippen LogP contribution in [-0.4, -0.2) is 15.0 Å². The summed E-state index contributed by atoms with van der Waals surface area (Å²) in [5.74, 6) is 0. The highest BCUT2D eigenvalue weighted by Crippen LogP contribution is 2.17. The van der Waals surface area contributed by atoms with Crippen molar-refractivity contribution in [1.82, 2.24) is 15.0 Å². The predicted octanol–water partition coefficient (Wildman–Crippen LogP) is 1.71. The summed E-state index contributed by atoms with van der Waals surface area (Å²) < 4.78 is 2.41. The quantitative estimate of drug-likeness (QED) is 0.706. The lowest BCUT2D eigenvalue weighted by Gasteiger charge is -1.91. The van der Waals surface area contributed by atoms with Crippen molar-refractivity contribution in [3.63, 3.8) is 0 Å². The first-order valence-corrected chi connectivity index (χ1v) is 3.67. The second-order valence-electron chi connectivity index (χ2n) is 1.49. The fourth-order valence-electron chi connectivity index (χ4n) is 0.482. The maximum absolute atomic E-state index is 5.57. The summed E-state index contributed by atoms with van der Waals surface area (Å²) in [6.45, 7) is 2.75. The van der Waals surface area contributed by atoms with Crippen molar-refractivity contribution >= 4 is 27.5 Å². The summed E-state index contributed by atoms with van der Waals surface area (Å²) in [6, 6.07) is 0.